The van der Waals surface area contributed by atoms with Gasteiger partial charge in [0.1, 0.15) is 0 Å². The van der Waals surface area contributed by atoms with Gasteiger partial charge < -0.3 is 9.47 Å². The van der Waals surface area contributed by atoms with Gasteiger partial charge in [-0.25, -0.2) is 0 Å². The first-order valence-electron chi connectivity index (χ1n) is 28.6. The zero-order valence-corrected chi connectivity index (χ0v) is 46.7. The SMILES string of the molecule is C=CCC/C=C/c1cc(-c2ccccc2)c(N2C3=C(C=C(c4ccccc4)CC3)B3C4=C(Sc5cc(-c6ccc(C(C)(C)C)cc6)cc2c53)C(c2ccccc2)CC(n2c3ccccc3c3ccccc32)=C4)c(-c2ccccc2)c1. The van der Waals surface area contributed by atoms with Crippen molar-refractivity contribution in [3.8, 4) is 33.4 Å². The molecule has 9 aromatic carbocycles. The normalized spacial score (nSPS) is 16.0. The molecule has 1 unspecified atom stereocenters. The second-order valence-corrected chi connectivity index (χ2v) is 24.1. The molecule has 14 rings (SSSR count). The molecule has 0 radical (unpaired) electrons. The third-order valence-corrected chi connectivity index (χ3v) is 18.4. The Labute approximate surface area is 476 Å². The van der Waals surface area contributed by atoms with E-state index in [9.17, 15) is 0 Å². The first-order chi connectivity index (χ1) is 39.3. The van der Waals surface area contributed by atoms with Crippen LogP contribution in [0.2, 0.25) is 0 Å². The Morgan fingerprint density at radius 1 is 0.575 bits per heavy atom. The summed E-state index contributed by atoms with van der Waals surface area (Å²) in [4.78, 5) is 5.54. The smallest absolute Gasteiger partial charge is 0.248 e. The number of fused-ring (bicyclic) bond motifs is 5. The Balaban J connectivity index is 1.10. The fourth-order valence-corrected chi connectivity index (χ4v) is 14.6. The lowest BCUT2D eigenvalue weighted by atomic mass is 9.32. The third kappa shape index (κ3) is 8.78. The van der Waals surface area contributed by atoms with Gasteiger partial charge in [-0.05, 0) is 146 Å². The number of aromatic nitrogens is 1. The molecule has 0 N–H and O–H groups in total. The van der Waals surface area contributed by atoms with Crippen molar-refractivity contribution >= 4 is 74.5 Å². The molecule has 386 valence electrons. The summed E-state index contributed by atoms with van der Waals surface area (Å²) in [6, 6.07) is 82.3. The van der Waals surface area contributed by atoms with Crippen LogP contribution in [0.1, 0.15) is 81.0 Å². The molecule has 0 fully saturated rings. The molecule has 4 aliphatic rings. The van der Waals surface area contributed by atoms with E-state index in [0.717, 1.165) is 32.1 Å². The van der Waals surface area contributed by atoms with Gasteiger partial charge in [-0.3, -0.25) is 0 Å². The van der Waals surface area contributed by atoms with Gasteiger partial charge in [0.25, 0.3) is 0 Å². The van der Waals surface area contributed by atoms with Crippen molar-refractivity contribution in [2.24, 2.45) is 0 Å². The van der Waals surface area contributed by atoms with E-state index in [1.54, 1.807) is 0 Å². The van der Waals surface area contributed by atoms with Gasteiger partial charge >= 0.3 is 0 Å². The monoisotopic (exact) mass is 1050 g/mol. The second-order valence-electron chi connectivity index (χ2n) is 23.0. The van der Waals surface area contributed by atoms with Gasteiger partial charge in [0.15, 0.2) is 0 Å². The molecule has 3 heterocycles. The van der Waals surface area contributed by atoms with Crippen LogP contribution in [0, 0.1) is 0 Å². The Morgan fingerprint density at radius 2 is 1.16 bits per heavy atom. The molecule has 4 heteroatoms. The van der Waals surface area contributed by atoms with Crippen LogP contribution in [-0.4, -0.2) is 11.3 Å². The van der Waals surface area contributed by atoms with Crippen LogP contribution < -0.4 is 10.4 Å². The Kier molecular flexibility index (Phi) is 12.8. The Hall–Kier alpha value is -8.57. The van der Waals surface area contributed by atoms with Gasteiger partial charge in [0, 0.05) is 49.8 Å². The fraction of sp³-hybridized carbons (Fsp3) is 0.132. The molecule has 2 nitrogen and oxygen atoms in total. The summed E-state index contributed by atoms with van der Waals surface area (Å²) in [6.07, 6.45) is 16.5. The molecule has 1 aromatic heterocycles. The average Bonchev–Trinajstić information content (AvgIpc) is 3.95. The third-order valence-electron chi connectivity index (χ3n) is 17.1. The fourth-order valence-electron chi connectivity index (χ4n) is 13.2. The predicted octanol–water partition coefficient (Wildman–Crippen LogP) is 20.2. The summed E-state index contributed by atoms with van der Waals surface area (Å²) in [5.41, 5.74) is 25.7. The highest BCUT2D eigenvalue weighted by Crippen LogP contribution is 2.57. The van der Waals surface area contributed by atoms with Gasteiger partial charge in [-0.15, -0.1) is 6.58 Å². The summed E-state index contributed by atoms with van der Waals surface area (Å²) >= 11 is 2.02. The van der Waals surface area contributed by atoms with Crippen molar-refractivity contribution in [3.63, 3.8) is 0 Å². The van der Waals surface area contributed by atoms with Crippen molar-refractivity contribution in [2.75, 3.05) is 4.90 Å². The summed E-state index contributed by atoms with van der Waals surface area (Å²) in [5.74, 6) is 0.132. The van der Waals surface area contributed by atoms with Crippen LogP contribution in [0.25, 0.3) is 72.5 Å². The van der Waals surface area contributed by atoms with E-state index in [4.69, 9.17) is 0 Å². The second kappa shape index (κ2) is 20.6. The Morgan fingerprint density at radius 3 is 1.77 bits per heavy atom. The number of rotatable bonds is 11. The molecular weight excluding hydrogens is 984 g/mol. The van der Waals surface area contributed by atoms with Gasteiger partial charge in [-0.2, -0.15) is 0 Å². The van der Waals surface area contributed by atoms with Crippen molar-refractivity contribution in [3.05, 3.63) is 293 Å². The largest absolute Gasteiger partial charge is 0.314 e. The predicted molar refractivity (Wildman–Crippen MR) is 345 cm³/mol. The summed E-state index contributed by atoms with van der Waals surface area (Å²) < 4.78 is 2.60. The maximum Gasteiger partial charge on any atom is 0.248 e. The molecule has 80 heavy (non-hydrogen) atoms. The number of para-hydroxylation sites is 2. The highest BCUT2D eigenvalue weighted by atomic mass is 32.2. The molecule has 0 amide bonds. The number of allylic oxidation sites excluding steroid dienone is 10. The van der Waals surface area contributed by atoms with Gasteiger partial charge in [0.05, 0.1) is 16.7 Å². The van der Waals surface area contributed by atoms with Crippen LogP contribution in [0.3, 0.4) is 0 Å². The van der Waals surface area contributed by atoms with Crippen LogP contribution >= 0.6 is 11.8 Å². The average molecular weight is 1050 g/mol. The standard InChI is InChI=1S/C76H63BN2S/c1-5-6-7-12-25-51-44-63(54-28-15-9-16-29-54)74(64(45-51)55-30-17-10-18-31-55)79-70-43-40-57(52-26-13-8-14-27-52)46-66(70)77-67-50-60(78-68-36-23-21-34-61(68)62-35-22-24-37-69(62)78)49-65(56-32-19-11-20-33-56)75(67)80-72-48-58(47-71(79)73(72)77)53-38-41-59(42-39-53)76(2,3)4/h5,8-39,41-42,44-48,50,65H,1,6-7,40,43,49H2,2-4H3/b25-12+. The molecular formula is C76H63BN2S. The summed E-state index contributed by atoms with van der Waals surface area (Å²) in [6.45, 7) is 10.9. The number of benzene rings is 9. The van der Waals surface area contributed by atoms with E-state index in [-0.39, 0.29) is 18.0 Å². The van der Waals surface area contributed by atoms with Crippen molar-refractivity contribution in [1.29, 1.82) is 0 Å². The summed E-state index contributed by atoms with van der Waals surface area (Å²) in [7, 11) is 0. The van der Waals surface area contributed by atoms with Crippen LogP contribution in [0.5, 0.6) is 0 Å². The van der Waals surface area contributed by atoms with Crippen molar-refractivity contribution < 1.29 is 0 Å². The number of unbranched alkanes of at least 4 members (excludes halogenated alkanes) is 1. The highest BCUT2D eigenvalue weighted by molar-refractivity contribution is 8.03. The quantitative estimate of drug-likeness (QED) is 0.0725. The first-order valence-corrected chi connectivity index (χ1v) is 29.4. The number of thioether (sulfide) groups is 1. The molecule has 1 atom stereocenters. The van der Waals surface area contributed by atoms with E-state index in [0.29, 0.717) is 0 Å². The van der Waals surface area contributed by atoms with Crippen LogP contribution in [0.15, 0.2) is 276 Å². The van der Waals surface area contributed by atoms with Crippen LogP contribution in [-0.2, 0) is 5.41 Å². The topological polar surface area (TPSA) is 8.17 Å². The van der Waals surface area contributed by atoms with Crippen molar-refractivity contribution in [1.82, 2.24) is 4.57 Å². The lowest BCUT2D eigenvalue weighted by Crippen LogP contribution is -2.48. The zero-order chi connectivity index (χ0) is 53.9. The number of anilines is 2. The van der Waals surface area contributed by atoms with E-state index < -0.39 is 0 Å². The molecule has 2 aliphatic heterocycles. The van der Waals surface area contributed by atoms with E-state index >= 15 is 0 Å². The van der Waals surface area contributed by atoms with Gasteiger partial charge in [-0.1, -0.05) is 244 Å². The van der Waals surface area contributed by atoms with Gasteiger partial charge in [0.2, 0.25) is 6.71 Å². The minimum Gasteiger partial charge on any atom is -0.314 e. The Bertz CT molecular complexity index is 4090. The van der Waals surface area contributed by atoms with Crippen LogP contribution in [0.4, 0.5) is 11.4 Å². The molecule has 2 aliphatic carbocycles. The minimum atomic E-state index is -0.0409. The molecule has 0 saturated carbocycles. The van der Waals surface area contributed by atoms with E-state index in [1.807, 2.05) is 17.8 Å². The first kappa shape index (κ1) is 49.7. The van der Waals surface area contributed by atoms with E-state index in [2.05, 4.69) is 280 Å². The minimum absolute atomic E-state index is 0.0345. The van der Waals surface area contributed by atoms with Crippen molar-refractivity contribution in [2.45, 2.75) is 69.1 Å². The maximum absolute atomic E-state index is 4.03. The lowest BCUT2D eigenvalue weighted by molar-refractivity contribution is 0.590. The lowest BCUT2D eigenvalue weighted by Gasteiger charge is -2.46. The summed E-state index contributed by atoms with van der Waals surface area (Å²) in [5, 5.41) is 2.58. The van der Waals surface area contributed by atoms with E-state index in [1.165, 1.54) is 132 Å². The number of nitrogens with zero attached hydrogens (tertiary/aromatic N) is 2. The maximum atomic E-state index is 4.03. The zero-order valence-electron chi connectivity index (χ0n) is 45.9. The number of hydrogen-bond acceptors (Lipinski definition) is 2. The number of hydrogen-bond donors (Lipinski definition) is 0. The molecule has 10 aromatic rings. The molecule has 0 saturated heterocycles. The highest BCUT2D eigenvalue weighted by Gasteiger charge is 2.47. The molecule has 0 spiro atoms. The molecule has 0 bridgehead atoms.